The summed E-state index contributed by atoms with van der Waals surface area (Å²) >= 11 is 0. The standard InChI is InChI=1S/C14H24N4/c1-17-9-5-6-12(11-17)18(2)14(10-15)13-7-3-4-8-16-13/h3-4,7-8,12,14H,5-6,9-11,15H2,1-2H3. The fraction of sp³-hybridized carbons (Fsp3) is 0.643. The summed E-state index contributed by atoms with van der Waals surface area (Å²) in [6, 6.07) is 6.86. The van der Waals surface area contributed by atoms with Crippen molar-refractivity contribution in [2.24, 2.45) is 5.73 Å². The van der Waals surface area contributed by atoms with Crippen LogP contribution < -0.4 is 5.73 Å². The number of rotatable bonds is 4. The van der Waals surface area contributed by atoms with Crippen LogP contribution in [0.1, 0.15) is 24.6 Å². The van der Waals surface area contributed by atoms with Crippen LogP contribution in [0, 0.1) is 0 Å². The van der Waals surface area contributed by atoms with Gasteiger partial charge in [-0.05, 0) is 45.6 Å². The largest absolute Gasteiger partial charge is 0.329 e. The number of aromatic nitrogens is 1. The molecule has 1 aliphatic heterocycles. The van der Waals surface area contributed by atoms with Crippen molar-refractivity contribution in [2.75, 3.05) is 33.7 Å². The average molecular weight is 248 g/mol. The Balaban J connectivity index is 2.07. The van der Waals surface area contributed by atoms with Crippen LogP contribution in [0.25, 0.3) is 0 Å². The zero-order valence-electron chi connectivity index (χ0n) is 11.4. The van der Waals surface area contributed by atoms with Gasteiger partial charge in [0.25, 0.3) is 0 Å². The highest BCUT2D eigenvalue weighted by Gasteiger charge is 2.27. The van der Waals surface area contributed by atoms with Crippen LogP contribution in [0.2, 0.25) is 0 Å². The maximum Gasteiger partial charge on any atom is 0.0644 e. The average Bonchev–Trinajstić information content (AvgIpc) is 2.41. The predicted octanol–water partition coefficient (Wildman–Crippen LogP) is 1.11. The molecule has 1 fully saturated rings. The normalized spacial score (nSPS) is 23.2. The molecule has 2 rings (SSSR count). The predicted molar refractivity (Wildman–Crippen MR) is 74.3 cm³/mol. The van der Waals surface area contributed by atoms with Gasteiger partial charge in [-0.15, -0.1) is 0 Å². The summed E-state index contributed by atoms with van der Waals surface area (Å²) in [6.45, 7) is 2.95. The second-order valence-corrected chi connectivity index (χ2v) is 5.23. The van der Waals surface area contributed by atoms with Gasteiger partial charge in [0.1, 0.15) is 0 Å². The summed E-state index contributed by atoms with van der Waals surface area (Å²) in [5.41, 5.74) is 7.03. The molecule has 1 aromatic rings. The Morgan fingerprint density at radius 2 is 2.39 bits per heavy atom. The van der Waals surface area contributed by atoms with Crippen LogP contribution in [-0.2, 0) is 0 Å². The molecule has 0 aromatic carbocycles. The Morgan fingerprint density at radius 3 is 3.00 bits per heavy atom. The molecule has 0 aliphatic carbocycles. The van der Waals surface area contributed by atoms with E-state index in [2.05, 4.69) is 34.9 Å². The summed E-state index contributed by atoms with van der Waals surface area (Å²) in [6.07, 6.45) is 4.37. The molecule has 2 N–H and O–H groups in total. The molecule has 0 saturated carbocycles. The monoisotopic (exact) mass is 248 g/mol. The highest BCUT2D eigenvalue weighted by atomic mass is 15.2. The molecule has 1 aromatic heterocycles. The van der Waals surface area contributed by atoms with Gasteiger partial charge in [0, 0.05) is 25.3 Å². The quantitative estimate of drug-likeness (QED) is 0.867. The number of nitrogens with two attached hydrogens (primary N) is 1. The zero-order chi connectivity index (χ0) is 13.0. The summed E-state index contributed by atoms with van der Waals surface area (Å²) in [4.78, 5) is 9.25. The zero-order valence-corrected chi connectivity index (χ0v) is 11.4. The first-order valence-electron chi connectivity index (χ1n) is 6.74. The van der Waals surface area contributed by atoms with Crippen molar-refractivity contribution in [3.05, 3.63) is 30.1 Å². The molecule has 18 heavy (non-hydrogen) atoms. The maximum absolute atomic E-state index is 5.95. The Hall–Kier alpha value is -0.970. The van der Waals surface area contributed by atoms with Gasteiger partial charge in [0.15, 0.2) is 0 Å². The van der Waals surface area contributed by atoms with Gasteiger partial charge in [-0.1, -0.05) is 6.07 Å². The molecule has 2 heterocycles. The summed E-state index contributed by atoms with van der Waals surface area (Å²) in [5, 5.41) is 0. The summed E-state index contributed by atoms with van der Waals surface area (Å²) in [7, 11) is 4.37. The van der Waals surface area contributed by atoms with E-state index >= 15 is 0 Å². The molecule has 4 heteroatoms. The number of nitrogens with zero attached hydrogens (tertiary/aromatic N) is 3. The third-order valence-electron chi connectivity index (χ3n) is 3.92. The number of likely N-dealkylation sites (N-methyl/N-ethyl adjacent to an activating group) is 2. The number of likely N-dealkylation sites (tertiary alicyclic amines) is 1. The van der Waals surface area contributed by atoms with Crippen molar-refractivity contribution in [3.8, 4) is 0 Å². The van der Waals surface area contributed by atoms with E-state index in [-0.39, 0.29) is 6.04 Å². The van der Waals surface area contributed by atoms with E-state index in [1.54, 1.807) is 0 Å². The van der Waals surface area contributed by atoms with Gasteiger partial charge >= 0.3 is 0 Å². The van der Waals surface area contributed by atoms with E-state index in [0.29, 0.717) is 12.6 Å². The van der Waals surface area contributed by atoms with E-state index in [0.717, 1.165) is 12.2 Å². The maximum atomic E-state index is 5.95. The molecule has 0 amide bonds. The molecule has 100 valence electrons. The van der Waals surface area contributed by atoms with Crippen LogP contribution in [0.5, 0.6) is 0 Å². The highest BCUT2D eigenvalue weighted by molar-refractivity contribution is 5.09. The topological polar surface area (TPSA) is 45.4 Å². The number of piperidine rings is 1. The van der Waals surface area contributed by atoms with Gasteiger partial charge in [0.2, 0.25) is 0 Å². The van der Waals surface area contributed by atoms with Crippen molar-refractivity contribution in [1.82, 2.24) is 14.8 Å². The van der Waals surface area contributed by atoms with Crippen molar-refractivity contribution in [1.29, 1.82) is 0 Å². The summed E-state index contributed by atoms with van der Waals surface area (Å²) in [5.74, 6) is 0. The van der Waals surface area contributed by atoms with E-state index < -0.39 is 0 Å². The first kappa shape index (κ1) is 13.5. The minimum absolute atomic E-state index is 0.225. The molecule has 1 aliphatic rings. The smallest absolute Gasteiger partial charge is 0.0644 e. The van der Waals surface area contributed by atoms with Crippen molar-refractivity contribution in [3.63, 3.8) is 0 Å². The molecule has 2 atom stereocenters. The van der Waals surface area contributed by atoms with Gasteiger partial charge < -0.3 is 10.6 Å². The van der Waals surface area contributed by atoms with Gasteiger partial charge in [-0.3, -0.25) is 9.88 Å². The van der Waals surface area contributed by atoms with E-state index in [9.17, 15) is 0 Å². The van der Waals surface area contributed by atoms with Crippen molar-refractivity contribution in [2.45, 2.75) is 24.9 Å². The SMILES string of the molecule is CN1CCCC(N(C)C(CN)c2ccccn2)C1. The third-order valence-corrected chi connectivity index (χ3v) is 3.92. The van der Waals surface area contributed by atoms with Gasteiger partial charge in [-0.25, -0.2) is 0 Å². The van der Waals surface area contributed by atoms with Crippen molar-refractivity contribution < 1.29 is 0 Å². The molecule has 2 unspecified atom stereocenters. The second kappa shape index (κ2) is 6.27. The van der Waals surface area contributed by atoms with Gasteiger partial charge in [-0.2, -0.15) is 0 Å². The lowest BCUT2D eigenvalue weighted by molar-refractivity contribution is 0.0994. The molecule has 0 bridgehead atoms. The molecule has 0 radical (unpaired) electrons. The highest BCUT2D eigenvalue weighted by Crippen LogP contribution is 2.23. The lowest BCUT2D eigenvalue weighted by atomic mass is 10.0. The minimum atomic E-state index is 0.225. The second-order valence-electron chi connectivity index (χ2n) is 5.23. The minimum Gasteiger partial charge on any atom is -0.329 e. The fourth-order valence-electron chi connectivity index (χ4n) is 2.79. The number of hydrogen-bond donors (Lipinski definition) is 1. The van der Waals surface area contributed by atoms with Crippen molar-refractivity contribution >= 4 is 0 Å². The van der Waals surface area contributed by atoms with Crippen LogP contribution in [0.15, 0.2) is 24.4 Å². The van der Waals surface area contributed by atoms with Crippen LogP contribution in [0.3, 0.4) is 0 Å². The Morgan fingerprint density at radius 1 is 1.56 bits per heavy atom. The Kier molecular flexibility index (Phi) is 4.69. The molecule has 1 saturated heterocycles. The van der Waals surface area contributed by atoms with Crippen LogP contribution >= 0.6 is 0 Å². The first-order chi connectivity index (χ1) is 8.72. The lowest BCUT2D eigenvalue weighted by Gasteiger charge is -2.39. The fourth-order valence-corrected chi connectivity index (χ4v) is 2.79. The van der Waals surface area contributed by atoms with Crippen LogP contribution in [0.4, 0.5) is 0 Å². The third kappa shape index (κ3) is 3.07. The van der Waals surface area contributed by atoms with E-state index in [1.165, 1.54) is 19.4 Å². The molecular formula is C14H24N4. The lowest BCUT2D eigenvalue weighted by Crippen LogP contribution is -2.47. The van der Waals surface area contributed by atoms with Gasteiger partial charge in [0.05, 0.1) is 11.7 Å². The molecule has 4 nitrogen and oxygen atoms in total. The number of hydrogen-bond acceptors (Lipinski definition) is 4. The molecular weight excluding hydrogens is 224 g/mol. The number of pyridine rings is 1. The van der Waals surface area contributed by atoms with E-state index in [4.69, 9.17) is 5.73 Å². The molecule has 0 spiro atoms. The summed E-state index contributed by atoms with van der Waals surface area (Å²) < 4.78 is 0. The van der Waals surface area contributed by atoms with Crippen LogP contribution in [-0.4, -0.2) is 54.6 Å². The van der Waals surface area contributed by atoms with E-state index in [1.807, 2.05) is 18.3 Å². The Bertz CT molecular complexity index is 354. The Labute approximate surface area is 110 Å². The first-order valence-corrected chi connectivity index (χ1v) is 6.74.